The molecule has 0 spiro atoms. The number of para-hydroxylation sites is 1. The average Bonchev–Trinajstić information content (AvgIpc) is 3.15. The van der Waals surface area contributed by atoms with Gasteiger partial charge in [0.05, 0.1) is 12.1 Å². The van der Waals surface area contributed by atoms with E-state index >= 15 is 0 Å². The van der Waals surface area contributed by atoms with E-state index < -0.39 is 0 Å². The van der Waals surface area contributed by atoms with Crippen molar-refractivity contribution in [2.45, 2.75) is 6.54 Å². The van der Waals surface area contributed by atoms with E-state index in [2.05, 4.69) is 25.5 Å². The van der Waals surface area contributed by atoms with Crippen molar-refractivity contribution < 1.29 is 4.79 Å². The molecule has 0 fully saturated rings. The molecular weight excluding hydrogens is 330 g/mol. The molecule has 1 amide bonds. The molecular formula is C19H15N5O2. The van der Waals surface area contributed by atoms with E-state index in [0.29, 0.717) is 28.1 Å². The maximum atomic E-state index is 12.5. The highest BCUT2D eigenvalue weighted by Crippen LogP contribution is 2.15. The summed E-state index contributed by atoms with van der Waals surface area (Å²) in [4.78, 5) is 31.4. The number of H-pyrrole nitrogens is 2. The Morgan fingerprint density at radius 2 is 1.81 bits per heavy atom. The van der Waals surface area contributed by atoms with Gasteiger partial charge in [0.15, 0.2) is 5.82 Å². The van der Waals surface area contributed by atoms with Crippen LogP contribution in [0.5, 0.6) is 0 Å². The highest BCUT2D eigenvalue weighted by Gasteiger charge is 2.12. The average molecular weight is 345 g/mol. The number of hydrogen-bond acceptors (Lipinski definition) is 4. The summed E-state index contributed by atoms with van der Waals surface area (Å²) in [5, 5.41) is 10.4. The Hall–Kier alpha value is -3.74. The van der Waals surface area contributed by atoms with Crippen molar-refractivity contribution in [2.24, 2.45) is 0 Å². The van der Waals surface area contributed by atoms with Gasteiger partial charge in [0, 0.05) is 22.5 Å². The molecule has 128 valence electrons. The molecule has 0 radical (unpaired) electrons. The SMILES string of the molecule is O=C(NCc1nc(-c2ccccc2)n[nH]1)c1cc(=O)[nH]c2ccccc12. The van der Waals surface area contributed by atoms with Crippen LogP contribution in [0.3, 0.4) is 0 Å². The minimum absolute atomic E-state index is 0.180. The van der Waals surface area contributed by atoms with Crippen LogP contribution in [-0.2, 0) is 6.54 Å². The lowest BCUT2D eigenvalue weighted by Crippen LogP contribution is -2.25. The zero-order valence-electron chi connectivity index (χ0n) is 13.7. The Morgan fingerprint density at radius 1 is 1.04 bits per heavy atom. The highest BCUT2D eigenvalue weighted by molar-refractivity contribution is 6.05. The van der Waals surface area contributed by atoms with Crippen LogP contribution >= 0.6 is 0 Å². The van der Waals surface area contributed by atoms with Crippen LogP contribution in [0.2, 0.25) is 0 Å². The standard InChI is InChI=1S/C19H15N5O2/c25-17-10-14(13-8-4-5-9-15(13)21-17)19(26)20-11-16-22-18(24-23-16)12-6-2-1-3-7-12/h1-10H,11H2,(H,20,26)(H,21,25)(H,22,23,24). The molecule has 0 saturated heterocycles. The van der Waals surface area contributed by atoms with E-state index in [-0.39, 0.29) is 18.0 Å². The van der Waals surface area contributed by atoms with Gasteiger partial charge in [-0.05, 0) is 6.07 Å². The van der Waals surface area contributed by atoms with E-state index in [0.717, 1.165) is 5.56 Å². The molecule has 0 atom stereocenters. The lowest BCUT2D eigenvalue weighted by atomic mass is 10.1. The summed E-state index contributed by atoms with van der Waals surface area (Å²) in [6.07, 6.45) is 0. The summed E-state index contributed by atoms with van der Waals surface area (Å²) < 4.78 is 0. The van der Waals surface area contributed by atoms with Gasteiger partial charge in [-0.3, -0.25) is 14.7 Å². The number of fused-ring (bicyclic) bond motifs is 1. The molecule has 3 N–H and O–H groups in total. The quantitative estimate of drug-likeness (QED) is 0.528. The topological polar surface area (TPSA) is 104 Å². The van der Waals surface area contributed by atoms with Crippen LogP contribution in [0.1, 0.15) is 16.2 Å². The van der Waals surface area contributed by atoms with Gasteiger partial charge in [0.25, 0.3) is 5.91 Å². The van der Waals surface area contributed by atoms with Crippen molar-refractivity contribution in [3.05, 3.63) is 82.4 Å². The second-order valence-corrected chi connectivity index (χ2v) is 5.75. The van der Waals surface area contributed by atoms with Gasteiger partial charge in [-0.25, -0.2) is 4.98 Å². The second-order valence-electron chi connectivity index (χ2n) is 5.75. The fourth-order valence-electron chi connectivity index (χ4n) is 2.74. The Kier molecular flexibility index (Phi) is 4.03. The van der Waals surface area contributed by atoms with Crippen LogP contribution in [0.15, 0.2) is 65.5 Å². The smallest absolute Gasteiger partial charge is 0.252 e. The fraction of sp³-hybridized carbons (Fsp3) is 0.0526. The molecule has 0 saturated carbocycles. The van der Waals surface area contributed by atoms with Gasteiger partial charge < -0.3 is 10.3 Å². The van der Waals surface area contributed by atoms with Crippen molar-refractivity contribution >= 4 is 16.8 Å². The molecule has 0 aliphatic heterocycles. The molecule has 0 aliphatic carbocycles. The van der Waals surface area contributed by atoms with Gasteiger partial charge in [-0.2, -0.15) is 5.10 Å². The predicted octanol–water partition coefficient (Wildman–Crippen LogP) is 2.24. The second kappa shape index (κ2) is 6.64. The Balaban J connectivity index is 1.53. The van der Waals surface area contributed by atoms with Crippen molar-refractivity contribution in [3.63, 3.8) is 0 Å². The Bertz CT molecular complexity index is 1130. The summed E-state index contributed by atoms with van der Waals surface area (Å²) >= 11 is 0. The number of hydrogen-bond donors (Lipinski definition) is 3. The molecule has 2 heterocycles. The lowest BCUT2D eigenvalue weighted by molar-refractivity contribution is 0.0951. The fourth-order valence-corrected chi connectivity index (χ4v) is 2.74. The maximum Gasteiger partial charge on any atom is 0.252 e. The Labute approximate surface area is 148 Å². The van der Waals surface area contributed by atoms with Gasteiger partial charge >= 0.3 is 0 Å². The number of nitrogens with one attached hydrogen (secondary N) is 3. The third kappa shape index (κ3) is 3.10. The van der Waals surface area contributed by atoms with Gasteiger partial charge in [-0.15, -0.1) is 0 Å². The van der Waals surface area contributed by atoms with Crippen LogP contribution in [0, 0.1) is 0 Å². The number of rotatable bonds is 4. The molecule has 0 aliphatic rings. The van der Waals surface area contributed by atoms with Crippen molar-refractivity contribution in [3.8, 4) is 11.4 Å². The summed E-state index contributed by atoms with van der Waals surface area (Å²) in [5.41, 5.74) is 1.52. The van der Waals surface area contributed by atoms with Crippen molar-refractivity contribution in [1.82, 2.24) is 25.5 Å². The molecule has 2 aromatic carbocycles. The van der Waals surface area contributed by atoms with Crippen molar-refractivity contribution in [1.29, 1.82) is 0 Å². The molecule has 0 bridgehead atoms. The first-order chi connectivity index (χ1) is 12.7. The third-order valence-electron chi connectivity index (χ3n) is 3.98. The highest BCUT2D eigenvalue weighted by atomic mass is 16.2. The first-order valence-electron chi connectivity index (χ1n) is 8.08. The number of aromatic amines is 2. The number of nitrogens with zero attached hydrogens (tertiary/aromatic N) is 2. The van der Waals surface area contributed by atoms with Gasteiger partial charge in [-0.1, -0.05) is 48.5 Å². The number of aromatic nitrogens is 4. The molecule has 7 heteroatoms. The van der Waals surface area contributed by atoms with Gasteiger partial charge in [0.2, 0.25) is 5.56 Å². The first-order valence-corrected chi connectivity index (χ1v) is 8.08. The minimum Gasteiger partial charge on any atom is -0.345 e. The van der Waals surface area contributed by atoms with E-state index in [4.69, 9.17) is 0 Å². The van der Waals surface area contributed by atoms with E-state index in [1.165, 1.54) is 6.07 Å². The van der Waals surface area contributed by atoms with Crippen LogP contribution < -0.4 is 10.9 Å². The van der Waals surface area contributed by atoms with Crippen molar-refractivity contribution in [2.75, 3.05) is 0 Å². The Morgan fingerprint density at radius 3 is 2.65 bits per heavy atom. The largest absolute Gasteiger partial charge is 0.345 e. The number of amides is 1. The van der Waals surface area contributed by atoms with Gasteiger partial charge in [0.1, 0.15) is 5.82 Å². The van der Waals surface area contributed by atoms with Crippen LogP contribution in [0.4, 0.5) is 0 Å². The molecule has 0 unspecified atom stereocenters. The molecule has 26 heavy (non-hydrogen) atoms. The number of benzene rings is 2. The molecule has 2 aromatic heterocycles. The summed E-state index contributed by atoms with van der Waals surface area (Å²) in [7, 11) is 0. The lowest BCUT2D eigenvalue weighted by Gasteiger charge is -2.06. The molecule has 4 rings (SSSR count). The predicted molar refractivity (Wildman–Crippen MR) is 97.6 cm³/mol. The maximum absolute atomic E-state index is 12.5. The van der Waals surface area contributed by atoms with Crippen LogP contribution in [-0.4, -0.2) is 26.1 Å². The van der Waals surface area contributed by atoms with E-state index in [1.807, 2.05) is 36.4 Å². The number of carbonyl (C=O) groups is 1. The summed E-state index contributed by atoms with van der Waals surface area (Å²) in [6, 6.07) is 18.0. The summed E-state index contributed by atoms with van der Waals surface area (Å²) in [5.74, 6) is 0.757. The molecule has 7 nitrogen and oxygen atoms in total. The van der Waals surface area contributed by atoms with Crippen LogP contribution in [0.25, 0.3) is 22.3 Å². The normalized spacial score (nSPS) is 10.8. The number of carbonyl (C=O) groups excluding carboxylic acids is 1. The third-order valence-corrected chi connectivity index (χ3v) is 3.98. The van der Waals surface area contributed by atoms with E-state index in [1.54, 1.807) is 18.2 Å². The molecule has 4 aromatic rings. The number of pyridine rings is 1. The minimum atomic E-state index is -0.343. The zero-order chi connectivity index (χ0) is 17.9. The first kappa shape index (κ1) is 15.8. The van der Waals surface area contributed by atoms with E-state index in [9.17, 15) is 9.59 Å². The summed E-state index contributed by atoms with van der Waals surface area (Å²) in [6.45, 7) is 0.180. The zero-order valence-corrected chi connectivity index (χ0v) is 13.7. The monoisotopic (exact) mass is 345 g/mol.